The van der Waals surface area contributed by atoms with Crippen molar-refractivity contribution in [1.29, 1.82) is 0 Å². The van der Waals surface area contributed by atoms with Crippen molar-refractivity contribution in [2.45, 2.75) is 25.8 Å². The van der Waals surface area contributed by atoms with Crippen molar-refractivity contribution in [3.05, 3.63) is 11.8 Å². The number of nitrogens with one attached hydrogen (secondary N) is 1. The van der Waals surface area contributed by atoms with E-state index in [1.807, 2.05) is 20.8 Å². The summed E-state index contributed by atoms with van der Waals surface area (Å²) in [5, 5.41) is 14.2. The van der Waals surface area contributed by atoms with Crippen LogP contribution in [0.4, 0.5) is 0 Å². The Bertz CT molecular complexity index is 542. The Morgan fingerprint density at radius 3 is 2.50 bits per heavy atom. The van der Waals surface area contributed by atoms with E-state index in [0.29, 0.717) is 0 Å². The quantitative estimate of drug-likeness (QED) is 0.845. The SMILES string of the molecule is CN(CC(C)(C)C)S(=O)(=O)c1[nH]ncc1C(=O)O. The maximum absolute atomic E-state index is 12.2. The van der Waals surface area contributed by atoms with Crippen molar-refractivity contribution in [3.63, 3.8) is 0 Å². The fraction of sp³-hybridized carbons (Fsp3) is 0.600. The van der Waals surface area contributed by atoms with Gasteiger partial charge in [0.1, 0.15) is 5.56 Å². The zero-order valence-electron chi connectivity index (χ0n) is 10.8. The van der Waals surface area contributed by atoms with E-state index < -0.39 is 16.0 Å². The maximum Gasteiger partial charge on any atom is 0.340 e. The molecule has 0 bridgehead atoms. The minimum Gasteiger partial charge on any atom is -0.478 e. The minimum atomic E-state index is -3.87. The molecule has 0 aliphatic rings. The molecule has 8 heteroatoms. The normalized spacial score (nSPS) is 12.9. The van der Waals surface area contributed by atoms with Crippen molar-refractivity contribution >= 4 is 16.0 Å². The van der Waals surface area contributed by atoms with E-state index in [1.54, 1.807) is 0 Å². The fourth-order valence-corrected chi connectivity index (χ4v) is 2.99. The van der Waals surface area contributed by atoms with Crippen LogP contribution in [-0.2, 0) is 10.0 Å². The molecule has 1 aromatic rings. The Morgan fingerprint density at radius 2 is 2.06 bits per heavy atom. The van der Waals surface area contributed by atoms with Gasteiger partial charge in [-0.25, -0.2) is 13.2 Å². The van der Waals surface area contributed by atoms with E-state index in [4.69, 9.17) is 5.11 Å². The van der Waals surface area contributed by atoms with E-state index in [2.05, 4.69) is 10.2 Å². The zero-order valence-corrected chi connectivity index (χ0v) is 11.6. The number of rotatable bonds is 4. The summed E-state index contributed by atoms with van der Waals surface area (Å²) in [7, 11) is -2.46. The van der Waals surface area contributed by atoms with Crippen LogP contribution in [0.15, 0.2) is 11.2 Å². The van der Waals surface area contributed by atoms with Crippen molar-refractivity contribution in [2.24, 2.45) is 5.41 Å². The molecule has 102 valence electrons. The monoisotopic (exact) mass is 275 g/mol. The summed E-state index contributed by atoms with van der Waals surface area (Å²) >= 11 is 0. The van der Waals surface area contributed by atoms with Crippen LogP contribution in [0.1, 0.15) is 31.1 Å². The van der Waals surface area contributed by atoms with E-state index >= 15 is 0 Å². The Balaban J connectivity index is 3.14. The zero-order chi connectivity index (χ0) is 14.1. The number of aromatic nitrogens is 2. The average Bonchev–Trinajstić information content (AvgIpc) is 2.63. The molecule has 0 radical (unpaired) electrons. The number of sulfonamides is 1. The second-order valence-electron chi connectivity index (χ2n) is 5.24. The third kappa shape index (κ3) is 3.08. The van der Waals surface area contributed by atoms with Gasteiger partial charge in [-0.2, -0.15) is 9.40 Å². The molecule has 0 saturated heterocycles. The molecule has 1 heterocycles. The lowest BCUT2D eigenvalue weighted by Gasteiger charge is -2.25. The first-order chi connectivity index (χ1) is 8.05. The molecule has 0 fully saturated rings. The van der Waals surface area contributed by atoms with Crippen LogP contribution in [0.5, 0.6) is 0 Å². The van der Waals surface area contributed by atoms with Crippen molar-refractivity contribution in [3.8, 4) is 0 Å². The van der Waals surface area contributed by atoms with Gasteiger partial charge in [-0.1, -0.05) is 20.8 Å². The molecular weight excluding hydrogens is 258 g/mol. The molecule has 0 aliphatic carbocycles. The predicted octanol–water partition coefficient (Wildman–Crippen LogP) is 0.774. The van der Waals surface area contributed by atoms with Gasteiger partial charge >= 0.3 is 5.97 Å². The Labute approximate surface area is 106 Å². The van der Waals surface area contributed by atoms with Gasteiger partial charge in [-0.15, -0.1) is 0 Å². The molecule has 0 amide bonds. The molecule has 0 saturated carbocycles. The second kappa shape index (κ2) is 4.69. The summed E-state index contributed by atoms with van der Waals surface area (Å²) in [6.07, 6.45) is 0.986. The first-order valence-electron chi connectivity index (χ1n) is 5.29. The number of hydrogen-bond donors (Lipinski definition) is 2. The number of carboxylic acid groups (broad SMARTS) is 1. The van der Waals surface area contributed by atoms with Crippen LogP contribution in [0.2, 0.25) is 0 Å². The van der Waals surface area contributed by atoms with Gasteiger partial charge in [-0.3, -0.25) is 5.10 Å². The summed E-state index contributed by atoms with van der Waals surface area (Å²) < 4.78 is 25.5. The van der Waals surface area contributed by atoms with Crippen LogP contribution in [0.25, 0.3) is 0 Å². The standard InChI is InChI=1S/C10H17N3O4S/c1-10(2,3)6-13(4)18(16,17)8-7(9(14)15)5-11-12-8/h5H,6H2,1-4H3,(H,11,12)(H,14,15). The minimum absolute atomic E-state index is 0.231. The number of aromatic amines is 1. The molecular formula is C10H17N3O4S. The van der Waals surface area contributed by atoms with Crippen molar-refractivity contribution < 1.29 is 18.3 Å². The lowest BCUT2D eigenvalue weighted by atomic mass is 9.97. The average molecular weight is 275 g/mol. The molecule has 0 unspecified atom stereocenters. The van der Waals surface area contributed by atoms with Crippen LogP contribution in [0.3, 0.4) is 0 Å². The summed E-state index contributed by atoms with van der Waals surface area (Å²) in [6, 6.07) is 0. The molecule has 0 atom stereocenters. The van der Waals surface area contributed by atoms with Gasteiger partial charge in [0.15, 0.2) is 5.03 Å². The van der Waals surface area contributed by atoms with Gasteiger partial charge in [0.05, 0.1) is 6.20 Å². The van der Waals surface area contributed by atoms with Gasteiger partial charge in [0.2, 0.25) is 0 Å². The van der Waals surface area contributed by atoms with Gasteiger partial charge in [-0.05, 0) is 5.41 Å². The van der Waals surface area contributed by atoms with E-state index in [0.717, 1.165) is 10.5 Å². The Hall–Kier alpha value is -1.41. The first-order valence-corrected chi connectivity index (χ1v) is 6.73. The summed E-state index contributed by atoms with van der Waals surface area (Å²) in [6.45, 7) is 5.95. The fourth-order valence-electron chi connectivity index (χ4n) is 1.53. The predicted molar refractivity (Wildman–Crippen MR) is 64.8 cm³/mol. The Kier molecular flexibility index (Phi) is 3.82. The molecule has 7 nitrogen and oxygen atoms in total. The van der Waals surface area contributed by atoms with Crippen LogP contribution in [-0.4, -0.2) is 47.6 Å². The molecule has 1 rings (SSSR count). The van der Waals surface area contributed by atoms with Crippen LogP contribution in [0, 0.1) is 5.41 Å². The largest absolute Gasteiger partial charge is 0.478 e. The van der Waals surface area contributed by atoms with Crippen LogP contribution < -0.4 is 0 Å². The third-order valence-corrected chi connectivity index (χ3v) is 3.98. The second-order valence-corrected chi connectivity index (χ2v) is 7.22. The summed E-state index contributed by atoms with van der Waals surface area (Å²) in [5.41, 5.74) is -0.582. The van der Waals surface area contributed by atoms with E-state index in [-0.39, 0.29) is 22.5 Å². The highest BCUT2D eigenvalue weighted by Gasteiger charge is 2.30. The number of aromatic carboxylic acids is 1. The topological polar surface area (TPSA) is 103 Å². The molecule has 0 aliphatic heterocycles. The highest BCUT2D eigenvalue weighted by atomic mass is 32.2. The number of H-pyrrole nitrogens is 1. The number of carbonyl (C=O) groups is 1. The molecule has 2 N–H and O–H groups in total. The molecule has 18 heavy (non-hydrogen) atoms. The lowest BCUT2D eigenvalue weighted by molar-refractivity contribution is 0.0692. The van der Waals surface area contributed by atoms with Gasteiger partial charge < -0.3 is 5.11 Å². The molecule has 1 aromatic heterocycles. The molecule has 0 spiro atoms. The highest BCUT2D eigenvalue weighted by Crippen LogP contribution is 2.21. The maximum atomic E-state index is 12.2. The number of carboxylic acids is 1. The Morgan fingerprint density at radius 1 is 1.50 bits per heavy atom. The van der Waals surface area contributed by atoms with E-state index in [1.165, 1.54) is 7.05 Å². The van der Waals surface area contributed by atoms with Gasteiger partial charge in [0.25, 0.3) is 10.0 Å². The van der Waals surface area contributed by atoms with Crippen molar-refractivity contribution in [1.82, 2.24) is 14.5 Å². The van der Waals surface area contributed by atoms with E-state index in [9.17, 15) is 13.2 Å². The highest BCUT2D eigenvalue weighted by molar-refractivity contribution is 7.89. The third-order valence-electron chi connectivity index (χ3n) is 2.20. The molecule has 0 aromatic carbocycles. The smallest absolute Gasteiger partial charge is 0.340 e. The summed E-state index contributed by atoms with van der Waals surface area (Å²) in [4.78, 5) is 10.9. The van der Waals surface area contributed by atoms with Gasteiger partial charge in [0, 0.05) is 13.6 Å². The number of hydrogen-bond acceptors (Lipinski definition) is 4. The van der Waals surface area contributed by atoms with Crippen molar-refractivity contribution in [2.75, 3.05) is 13.6 Å². The number of nitrogens with zero attached hydrogens (tertiary/aromatic N) is 2. The lowest BCUT2D eigenvalue weighted by Crippen LogP contribution is -2.35. The summed E-state index contributed by atoms with van der Waals surface area (Å²) in [5.74, 6) is -1.33. The first kappa shape index (κ1) is 14.7. The van der Waals surface area contributed by atoms with Crippen LogP contribution >= 0.6 is 0 Å².